The highest BCUT2D eigenvalue weighted by Crippen LogP contribution is 2.54. The molecule has 1 aliphatic carbocycles. The summed E-state index contributed by atoms with van der Waals surface area (Å²) in [5.74, 6) is -4.93. The molecule has 1 aliphatic heterocycles. The van der Waals surface area contributed by atoms with Gasteiger partial charge < -0.3 is 4.74 Å². The van der Waals surface area contributed by atoms with Crippen LogP contribution in [0.15, 0.2) is 35.2 Å². The van der Waals surface area contributed by atoms with Crippen molar-refractivity contribution in [2.45, 2.75) is 28.7 Å². The minimum absolute atomic E-state index is 0.0866. The molecule has 0 spiro atoms. The maximum atomic E-state index is 14.4. The minimum Gasteiger partial charge on any atom is -0.457 e. The maximum Gasteiger partial charge on any atom is 0.409 e. The lowest BCUT2D eigenvalue weighted by Crippen LogP contribution is -2.53. The molecule has 2 aromatic rings. The summed E-state index contributed by atoms with van der Waals surface area (Å²) in [4.78, 5) is -0.905. The van der Waals surface area contributed by atoms with E-state index in [1.807, 2.05) is 0 Å². The van der Waals surface area contributed by atoms with Gasteiger partial charge in [0.2, 0.25) is 0 Å². The molecule has 2 aromatic carbocycles. The Bertz CT molecular complexity index is 1160. The van der Waals surface area contributed by atoms with Gasteiger partial charge in [0.15, 0.2) is 0 Å². The van der Waals surface area contributed by atoms with E-state index in [1.165, 1.54) is 5.32 Å². The SMILES string of the molecule is N#Cc1cc(F)cc(Oc2ccc3c4c2CC(F)(F)[C@H]4NC(F)(F)S3(=O)=O)c1. The Kier molecular flexibility index (Phi) is 3.76. The molecule has 0 amide bonds. The van der Waals surface area contributed by atoms with Crippen LogP contribution < -0.4 is 10.1 Å². The van der Waals surface area contributed by atoms with Gasteiger partial charge in [0, 0.05) is 23.6 Å². The molecule has 146 valence electrons. The van der Waals surface area contributed by atoms with Gasteiger partial charge in [0.05, 0.1) is 16.5 Å². The summed E-state index contributed by atoms with van der Waals surface area (Å²) >= 11 is 0. The summed E-state index contributed by atoms with van der Waals surface area (Å²) in [6, 6.07) is 4.19. The number of nitriles is 1. The Morgan fingerprint density at radius 3 is 2.57 bits per heavy atom. The van der Waals surface area contributed by atoms with Crippen molar-refractivity contribution >= 4 is 9.84 Å². The number of halogens is 5. The zero-order valence-electron chi connectivity index (χ0n) is 13.6. The van der Waals surface area contributed by atoms with Gasteiger partial charge in [-0.2, -0.15) is 14.0 Å². The van der Waals surface area contributed by atoms with Crippen molar-refractivity contribution in [3.8, 4) is 17.6 Å². The van der Waals surface area contributed by atoms with E-state index in [1.54, 1.807) is 6.07 Å². The first-order valence-corrected chi connectivity index (χ1v) is 9.27. The molecule has 0 unspecified atom stereocenters. The predicted molar refractivity (Wildman–Crippen MR) is 84.3 cm³/mol. The monoisotopic (exact) mass is 416 g/mol. The van der Waals surface area contributed by atoms with Crippen molar-refractivity contribution in [2.75, 3.05) is 0 Å². The number of rotatable bonds is 2. The van der Waals surface area contributed by atoms with Crippen LogP contribution >= 0.6 is 0 Å². The van der Waals surface area contributed by atoms with Gasteiger partial charge >= 0.3 is 5.38 Å². The van der Waals surface area contributed by atoms with Crippen LogP contribution in [0, 0.1) is 17.1 Å². The van der Waals surface area contributed by atoms with Crippen molar-refractivity contribution in [1.82, 2.24) is 5.32 Å². The van der Waals surface area contributed by atoms with Crippen LogP contribution in [0.5, 0.6) is 11.5 Å². The number of hydrogen-bond donors (Lipinski definition) is 1. The molecule has 0 aromatic heterocycles. The zero-order valence-corrected chi connectivity index (χ0v) is 14.5. The zero-order chi connectivity index (χ0) is 20.5. The van der Waals surface area contributed by atoms with Gasteiger partial charge in [-0.25, -0.2) is 26.9 Å². The highest BCUT2D eigenvalue weighted by atomic mass is 32.2. The van der Waals surface area contributed by atoms with Crippen LogP contribution in [0.3, 0.4) is 0 Å². The molecule has 2 aliphatic rings. The topological polar surface area (TPSA) is 79.2 Å². The fourth-order valence-electron chi connectivity index (χ4n) is 3.38. The standard InChI is InChI=1S/C17H9F5N2O3S/c18-9-3-8(7-23)4-10(5-9)27-12-1-2-13-14-11(12)6-16(19,20)15(14)24-17(21,22)28(13,25)26/h1-5,15,24H,6H2/t15-/m0/s1. The normalized spacial score (nSPS) is 22.9. The fraction of sp³-hybridized carbons (Fsp3) is 0.235. The first-order valence-electron chi connectivity index (χ1n) is 7.78. The van der Waals surface area contributed by atoms with Gasteiger partial charge in [-0.05, 0) is 24.3 Å². The summed E-state index contributed by atoms with van der Waals surface area (Å²) in [5, 5.41) is 5.54. The van der Waals surface area contributed by atoms with E-state index in [-0.39, 0.29) is 22.6 Å². The average molecular weight is 416 g/mol. The number of ether oxygens (including phenoxy) is 1. The van der Waals surface area contributed by atoms with E-state index in [0.29, 0.717) is 0 Å². The van der Waals surface area contributed by atoms with Gasteiger partial charge in [-0.15, -0.1) is 0 Å². The Labute approximate surface area is 155 Å². The van der Waals surface area contributed by atoms with Gasteiger partial charge in [-0.3, -0.25) is 0 Å². The molecule has 0 saturated heterocycles. The van der Waals surface area contributed by atoms with Gasteiger partial charge in [0.1, 0.15) is 23.4 Å². The second kappa shape index (κ2) is 5.65. The lowest BCUT2D eigenvalue weighted by atomic mass is 10.1. The lowest BCUT2D eigenvalue weighted by molar-refractivity contribution is -0.0662. The Morgan fingerprint density at radius 2 is 1.89 bits per heavy atom. The first kappa shape index (κ1) is 18.6. The lowest BCUT2D eigenvalue weighted by Gasteiger charge is -2.32. The maximum absolute atomic E-state index is 14.4. The van der Waals surface area contributed by atoms with Gasteiger partial charge in [0.25, 0.3) is 15.8 Å². The van der Waals surface area contributed by atoms with Crippen LogP contribution in [0.4, 0.5) is 22.0 Å². The molecule has 0 bridgehead atoms. The summed E-state index contributed by atoms with van der Waals surface area (Å²) in [6.45, 7) is 0. The van der Waals surface area contributed by atoms with E-state index < -0.39 is 49.9 Å². The number of nitrogens with zero attached hydrogens (tertiary/aromatic N) is 1. The third-order valence-electron chi connectivity index (χ3n) is 4.57. The van der Waals surface area contributed by atoms with Crippen molar-refractivity contribution in [3.05, 3.63) is 52.8 Å². The van der Waals surface area contributed by atoms with E-state index in [0.717, 1.165) is 30.3 Å². The average Bonchev–Trinajstić information content (AvgIpc) is 2.84. The number of sulfone groups is 1. The summed E-state index contributed by atoms with van der Waals surface area (Å²) in [7, 11) is -5.23. The van der Waals surface area contributed by atoms with Crippen LogP contribution in [0.25, 0.3) is 0 Å². The molecule has 0 fully saturated rings. The molecule has 1 atom stereocenters. The Morgan fingerprint density at radius 1 is 1.18 bits per heavy atom. The van der Waals surface area contributed by atoms with Crippen molar-refractivity contribution in [2.24, 2.45) is 0 Å². The Hall–Kier alpha value is -2.71. The quantitative estimate of drug-likeness (QED) is 0.597. The molecule has 11 heteroatoms. The number of alkyl halides is 4. The van der Waals surface area contributed by atoms with Crippen LogP contribution in [-0.2, 0) is 16.3 Å². The van der Waals surface area contributed by atoms with Crippen LogP contribution in [0.2, 0.25) is 0 Å². The van der Waals surface area contributed by atoms with Crippen molar-refractivity contribution < 1.29 is 35.1 Å². The molecule has 4 rings (SSSR count). The molecule has 5 nitrogen and oxygen atoms in total. The van der Waals surface area contributed by atoms with E-state index in [2.05, 4.69) is 0 Å². The summed E-state index contributed by atoms with van der Waals surface area (Å²) in [5.41, 5.74) is -0.858. The number of benzene rings is 2. The van der Waals surface area contributed by atoms with Crippen LogP contribution in [-0.4, -0.2) is 19.7 Å². The molecule has 28 heavy (non-hydrogen) atoms. The van der Waals surface area contributed by atoms with Crippen molar-refractivity contribution in [3.63, 3.8) is 0 Å². The first-order chi connectivity index (χ1) is 13.0. The predicted octanol–water partition coefficient (Wildman–Crippen LogP) is 3.65. The molecule has 0 radical (unpaired) electrons. The molecule has 1 N–H and O–H groups in total. The highest BCUT2D eigenvalue weighted by molar-refractivity contribution is 7.92. The second-order valence-electron chi connectivity index (χ2n) is 6.38. The molecule has 0 saturated carbocycles. The molecular weight excluding hydrogens is 407 g/mol. The third kappa shape index (κ3) is 2.56. The summed E-state index contributed by atoms with van der Waals surface area (Å²) < 4.78 is 99.6. The highest BCUT2D eigenvalue weighted by Gasteiger charge is 2.62. The largest absolute Gasteiger partial charge is 0.457 e. The molecule has 1 heterocycles. The van der Waals surface area contributed by atoms with Gasteiger partial charge in [-0.1, -0.05) is 0 Å². The fourth-order valence-corrected chi connectivity index (χ4v) is 4.70. The van der Waals surface area contributed by atoms with Crippen LogP contribution in [0.1, 0.15) is 22.7 Å². The number of hydrogen-bond acceptors (Lipinski definition) is 5. The van der Waals surface area contributed by atoms with E-state index in [4.69, 9.17) is 10.00 Å². The van der Waals surface area contributed by atoms with Crippen molar-refractivity contribution in [1.29, 1.82) is 5.26 Å². The van der Waals surface area contributed by atoms with E-state index in [9.17, 15) is 30.4 Å². The Balaban J connectivity index is 1.88. The second-order valence-corrected chi connectivity index (χ2v) is 8.34. The summed E-state index contributed by atoms with van der Waals surface area (Å²) in [6.07, 6.45) is -1.05. The smallest absolute Gasteiger partial charge is 0.409 e. The minimum atomic E-state index is -5.23. The number of nitrogens with one attached hydrogen (secondary N) is 1. The third-order valence-corrected chi connectivity index (χ3v) is 6.29. The molecular formula is C17H9F5N2O3S. The van der Waals surface area contributed by atoms with E-state index >= 15 is 0 Å².